The van der Waals surface area contributed by atoms with Gasteiger partial charge in [0.2, 0.25) is 10.0 Å². The Kier molecular flexibility index (Phi) is 3.60. The molecule has 18 heavy (non-hydrogen) atoms. The van der Waals surface area contributed by atoms with E-state index < -0.39 is 10.0 Å². The van der Waals surface area contributed by atoms with Crippen molar-refractivity contribution in [2.24, 2.45) is 5.73 Å². The number of nitrogens with zero attached hydrogens (tertiary/aromatic N) is 1. The Balaban J connectivity index is 2.36. The van der Waals surface area contributed by atoms with Crippen molar-refractivity contribution in [2.45, 2.75) is 13.3 Å². The van der Waals surface area contributed by atoms with Gasteiger partial charge in [0.05, 0.1) is 18.0 Å². The minimum Gasteiger partial charge on any atom is -0.320 e. The molecule has 1 aliphatic rings. The summed E-state index contributed by atoms with van der Waals surface area (Å²) in [7, 11) is -3.12. The molecule has 1 aromatic rings. The molecule has 1 saturated heterocycles. The lowest BCUT2D eigenvalue weighted by Gasteiger charge is -2.19. The molecule has 0 saturated carbocycles. The first-order chi connectivity index (χ1) is 8.54. The molecule has 0 atom stereocenters. The topological polar surface area (TPSA) is 63.4 Å². The fourth-order valence-corrected chi connectivity index (χ4v) is 3.70. The second-order valence-electron chi connectivity index (χ2n) is 4.25. The number of hydrogen-bond acceptors (Lipinski definition) is 3. The highest BCUT2D eigenvalue weighted by Crippen LogP contribution is 2.27. The lowest BCUT2D eigenvalue weighted by Crippen LogP contribution is -2.25. The van der Waals surface area contributed by atoms with E-state index in [1.54, 1.807) is 0 Å². The molecule has 1 fully saturated rings. The van der Waals surface area contributed by atoms with Crippen molar-refractivity contribution < 1.29 is 8.42 Å². The Labute approximate surface area is 108 Å². The molecule has 1 aliphatic heterocycles. The van der Waals surface area contributed by atoms with Crippen molar-refractivity contribution in [1.29, 1.82) is 0 Å². The Morgan fingerprint density at radius 1 is 1.44 bits per heavy atom. The number of hydrogen-bond donors (Lipinski definition) is 1. The second kappa shape index (κ2) is 5.01. The summed E-state index contributed by atoms with van der Waals surface area (Å²) in [6.07, 6.45) is 0.691. The molecule has 0 spiro atoms. The van der Waals surface area contributed by atoms with Gasteiger partial charge in [-0.25, -0.2) is 8.42 Å². The zero-order valence-corrected chi connectivity index (χ0v) is 11.1. The number of sulfonamides is 1. The number of rotatable bonds is 1. The predicted molar refractivity (Wildman–Crippen MR) is 72.9 cm³/mol. The monoisotopic (exact) mass is 264 g/mol. The quantitative estimate of drug-likeness (QED) is 0.765. The van der Waals surface area contributed by atoms with Crippen LogP contribution in [0.25, 0.3) is 0 Å². The molecule has 5 heteroatoms. The van der Waals surface area contributed by atoms with Crippen LogP contribution >= 0.6 is 0 Å². The van der Waals surface area contributed by atoms with Crippen LogP contribution in [0.3, 0.4) is 0 Å². The molecule has 0 bridgehead atoms. The van der Waals surface area contributed by atoms with Crippen LogP contribution in [-0.4, -0.2) is 27.3 Å². The first-order valence-electron chi connectivity index (χ1n) is 5.84. The SMILES string of the molecule is Cc1cc(C#CCN)ccc1N1CCCS1(=O)=O. The predicted octanol–water partition coefficient (Wildman–Crippen LogP) is 0.845. The molecule has 0 aliphatic carbocycles. The number of nitrogens with two attached hydrogens (primary N) is 1. The summed E-state index contributed by atoms with van der Waals surface area (Å²) in [5.74, 6) is 5.96. The van der Waals surface area contributed by atoms with Crippen LogP contribution in [-0.2, 0) is 10.0 Å². The van der Waals surface area contributed by atoms with E-state index >= 15 is 0 Å². The molecule has 0 aromatic heterocycles. The molecular weight excluding hydrogens is 248 g/mol. The number of anilines is 1. The number of aryl methyl sites for hydroxylation is 1. The van der Waals surface area contributed by atoms with Crippen molar-refractivity contribution in [3.8, 4) is 11.8 Å². The highest BCUT2D eigenvalue weighted by molar-refractivity contribution is 7.93. The van der Waals surface area contributed by atoms with Gasteiger partial charge in [-0.2, -0.15) is 0 Å². The van der Waals surface area contributed by atoms with Crippen LogP contribution in [0, 0.1) is 18.8 Å². The Morgan fingerprint density at radius 2 is 2.22 bits per heavy atom. The zero-order valence-electron chi connectivity index (χ0n) is 10.3. The molecule has 0 amide bonds. The van der Waals surface area contributed by atoms with E-state index in [4.69, 9.17) is 5.73 Å². The van der Waals surface area contributed by atoms with Gasteiger partial charge in [0.1, 0.15) is 0 Å². The van der Waals surface area contributed by atoms with E-state index in [1.807, 2.05) is 25.1 Å². The molecule has 96 valence electrons. The van der Waals surface area contributed by atoms with Crippen molar-refractivity contribution in [2.75, 3.05) is 23.1 Å². The average molecular weight is 264 g/mol. The molecule has 0 unspecified atom stereocenters. The third-order valence-corrected chi connectivity index (χ3v) is 4.75. The summed E-state index contributed by atoms with van der Waals surface area (Å²) in [5.41, 5.74) is 7.85. The zero-order chi connectivity index (χ0) is 13.2. The number of benzene rings is 1. The van der Waals surface area contributed by atoms with Crippen molar-refractivity contribution in [3.05, 3.63) is 29.3 Å². The Bertz CT molecular complexity index is 612. The molecule has 2 N–H and O–H groups in total. The van der Waals surface area contributed by atoms with Crippen LogP contribution in [0.5, 0.6) is 0 Å². The van der Waals surface area contributed by atoms with Gasteiger partial charge in [-0.15, -0.1) is 0 Å². The molecule has 1 aromatic carbocycles. The van der Waals surface area contributed by atoms with E-state index in [2.05, 4.69) is 11.8 Å². The minimum absolute atomic E-state index is 0.237. The van der Waals surface area contributed by atoms with Crippen LogP contribution in [0.2, 0.25) is 0 Å². The van der Waals surface area contributed by atoms with Crippen LogP contribution < -0.4 is 10.0 Å². The molecule has 4 nitrogen and oxygen atoms in total. The molecular formula is C13H16N2O2S. The van der Waals surface area contributed by atoms with Crippen molar-refractivity contribution >= 4 is 15.7 Å². The maximum atomic E-state index is 11.9. The van der Waals surface area contributed by atoms with Gasteiger partial charge < -0.3 is 5.73 Å². The summed E-state index contributed by atoms with van der Waals surface area (Å²) in [4.78, 5) is 0. The van der Waals surface area contributed by atoms with E-state index in [-0.39, 0.29) is 5.75 Å². The van der Waals surface area contributed by atoms with Gasteiger partial charge in [0.15, 0.2) is 0 Å². The third kappa shape index (κ3) is 2.50. The van der Waals surface area contributed by atoms with E-state index in [0.29, 0.717) is 19.5 Å². The highest BCUT2D eigenvalue weighted by atomic mass is 32.2. The average Bonchev–Trinajstić information content (AvgIpc) is 2.66. The van der Waals surface area contributed by atoms with Crippen LogP contribution in [0.1, 0.15) is 17.5 Å². The van der Waals surface area contributed by atoms with Crippen molar-refractivity contribution in [3.63, 3.8) is 0 Å². The Hall–Kier alpha value is -1.51. The Morgan fingerprint density at radius 3 is 2.78 bits per heavy atom. The van der Waals surface area contributed by atoms with Gasteiger partial charge in [0.25, 0.3) is 0 Å². The molecule has 2 rings (SSSR count). The third-order valence-electron chi connectivity index (χ3n) is 2.90. The summed E-state index contributed by atoms with van der Waals surface area (Å²) < 4.78 is 25.2. The first kappa shape index (κ1) is 12.9. The molecule has 1 heterocycles. The van der Waals surface area contributed by atoms with Crippen LogP contribution in [0.15, 0.2) is 18.2 Å². The van der Waals surface area contributed by atoms with Crippen molar-refractivity contribution in [1.82, 2.24) is 0 Å². The normalized spacial score (nSPS) is 17.3. The van der Waals surface area contributed by atoms with E-state index in [9.17, 15) is 8.42 Å². The lowest BCUT2D eigenvalue weighted by molar-refractivity contribution is 0.599. The molecule has 0 radical (unpaired) electrons. The van der Waals surface area contributed by atoms with Gasteiger partial charge in [-0.3, -0.25) is 4.31 Å². The standard InChI is InChI=1S/C13H16N2O2S/c1-11-10-12(4-2-7-14)5-6-13(11)15-8-3-9-18(15,16)17/h5-6,10H,3,7-9,14H2,1H3. The van der Waals surface area contributed by atoms with E-state index in [0.717, 1.165) is 16.8 Å². The summed E-state index contributed by atoms with van der Waals surface area (Å²) in [5, 5.41) is 0. The fourth-order valence-electron chi connectivity index (χ4n) is 2.08. The minimum atomic E-state index is -3.12. The summed E-state index contributed by atoms with van der Waals surface area (Å²) in [6.45, 7) is 2.79. The van der Waals surface area contributed by atoms with Gasteiger partial charge in [-0.1, -0.05) is 11.8 Å². The summed E-state index contributed by atoms with van der Waals surface area (Å²) >= 11 is 0. The maximum absolute atomic E-state index is 11.9. The smallest absolute Gasteiger partial charge is 0.235 e. The lowest BCUT2D eigenvalue weighted by atomic mass is 10.1. The van der Waals surface area contributed by atoms with Gasteiger partial charge in [0, 0.05) is 12.1 Å². The summed E-state index contributed by atoms with van der Waals surface area (Å²) in [6, 6.07) is 5.55. The first-order valence-corrected chi connectivity index (χ1v) is 7.45. The van der Waals surface area contributed by atoms with Gasteiger partial charge in [-0.05, 0) is 37.1 Å². The fraction of sp³-hybridized carbons (Fsp3) is 0.385. The highest BCUT2D eigenvalue weighted by Gasteiger charge is 2.29. The van der Waals surface area contributed by atoms with E-state index in [1.165, 1.54) is 4.31 Å². The largest absolute Gasteiger partial charge is 0.320 e. The second-order valence-corrected chi connectivity index (χ2v) is 6.26. The van der Waals surface area contributed by atoms with Gasteiger partial charge >= 0.3 is 0 Å². The maximum Gasteiger partial charge on any atom is 0.235 e. The van der Waals surface area contributed by atoms with Crippen LogP contribution in [0.4, 0.5) is 5.69 Å².